The minimum Gasteiger partial charge on any atom is -0.480 e. The van der Waals surface area contributed by atoms with E-state index in [1.165, 1.54) is 7.05 Å². The standard InChI is InChI=1S/C11H21NO4/c1-6-7-8(9(13)14)12(5)10(15)16-11(2,3)4/h8H,6-7H2,1-5H3,(H,13,14). The highest BCUT2D eigenvalue weighted by molar-refractivity contribution is 5.79. The van der Waals surface area contributed by atoms with Crippen LogP contribution in [-0.4, -0.2) is 40.8 Å². The highest BCUT2D eigenvalue weighted by Gasteiger charge is 2.29. The Labute approximate surface area is 96.4 Å². The summed E-state index contributed by atoms with van der Waals surface area (Å²) in [4.78, 5) is 23.7. The Morgan fingerprint density at radius 1 is 1.38 bits per heavy atom. The lowest BCUT2D eigenvalue weighted by atomic mass is 10.1. The SMILES string of the molecule is CCCC(C(=O)O)N(C)C(=O)OC(C)(C)C. The fourth-order valence-electron chi connectivity index (χ4n) is 1.22. The van der Waals surface area contributed by atoms with Crippen molar-refractivity contribution in [3.05, 3.63) is 0 Å². The Morgan fingerprint density at radius 3 is 2.19 bits per heavy atom. The summed E-state index contributed by atoms with van der Waals surface area (Å²) in [6, 6.07) is -0.820. The molecule has 0 saturated heterocycles. The first-order valence-corrected chi connectivity index (χ1v) is 5.37. The number of carbonyl (C=O) groups excluding carboxylic acids is 1. The first kappa shape index (κ1) is 14.7. The molecule has 0 rings (SSSR count). The molecular formula is C11H21NO4. The number of hydrogen-bond donors (Lipinski definition) is 1. The number of carboxylic acid groups (broad SMARTS) is 1. The van der Waals surface area contributed by atoms with E-state index in [1.54, 1.807) is 20.8 Å². The molecule has 1 unspecified atom stereocenters. The highest BCUT2D eigenvalue weighted by atomic mass is 16.6. The fraction of sp³-hybridized carbons (Fsp3) is 0.818. The maximum atomic E-state index is 11.6. The molecule has 0 aromatic heterocycles. The number of amides is 1. The van der Waals surface area contributed by atoms with E-state index in [1.807, 2.05) is 6.92 Å². The van der Waals surface area contributed by atoms with Gasteiger partial charge in [0.15, 0.2) is 0 Å². The van der Waals surface area contributed by atoms with Gasteiger partial charge in [-0.15, -0.1) is 0 Å². The topological polar surface area (TPSA) is 66.8 Å². The van der Waals surface area contributed by atoms with Gasteiger partial charge in [0.2, 0.25) is 0 Å². The number of ether oxygens (including phenoxy) is 1. The molecule has 0 fully saturated rings. The van der Waals surface area contributed by atoms with Crippen molar-refractivity contribution in [2.75, 3.05) is 7.05 Å². The third-order valence-electron chi connectivity index (χ3n) is 2.00. The van der Waals surface area contributed by atoms with Gasteiger partial charge in [-0.05, 0) is 27.2 Å². The van der Waals surface area contributed by atoms with Crippen molar-refractivity contribution in [1.82, 2.24) is 4.90 Å². The summed E-state index contributed by atoms with van der Waals surface area (Å²) in [6.45, 7) is 7.11. The van der Waals surface area contributed by atoms with Crippen molar-refractivity contribution < 1.29 is 19.4 Å². The van der Waals surface area contributed by atoms with Crippen molar-refractivity contribution in [2.45, 2.75) is 52.2 Å². The third-order valence-corrected chi connectivity index (χ3v) is 2.00. The van der Waals surface area contributed by atoms with Crippen molar-refractivity contribution in [3.8, 4) is 0 Å². The number of aliphatic carboxylic acids is 1. The number of carbonyl (C=O) groups is 2. The zero-order valence-electron chi connectivity index (χ0n) is 10.6. The van der Waals surface area contributed by atoms with Gasteiger partial charge in [-0.25, -0.2) is 9.59 Å². The van der Waals surface area contributed by atoms with E-state index in [4.69, 9.17) is 9.84 Å². The molecule has 0 bridgehead atoms. The maximum Gasteiger partial charge on any atom is 0.410 e. The maximum absolute atomic E-state index is 11.6. The molecule has 5 heteroatoms. The van der Waals surface area contributed by atoms with E-state index in [0.29, 0.717) is 12.8 Å². The van der Waals surface area contributed by atoms with Crippen LogP contribution >= 0.6 is 0 Å². The zero-order valence-corrected chi connectivity index (χ0v) is 10.6. The molecule has 0 aromatic rings. The molecule has 0 spiro atoms. The van der Waals surface area contributed by atoms with Gasteiger partial charge in [0.25, 0.3) is 0 Å². The molecular weight excluding hydrogens is 210 g/mol. The Bertz CT molecular complexity index is 257. The second kappa shape index (κ2) is 5.72. The minimum atomic E-state index is -1.00. The summed E-state index contributed by atoms with van der Waals surface area (Å²) < 4.78 is 5.10. The Balaban J connectivity index is 4.55. The van der Waals surface area contributed by atoms with E-state index < -0.39 is 23.7 Å². The van der Waals surface area contributed by atoms with Crippen molar-refractivity contribution in [3.63, 3.8) is 0 Å². The first-order valence-electron chi connectivity index (χ1n) is 5.37. The van der Waals surface area contributed by atoms with E-state index in [2.05, 4.69) is 0 Å². The summed E-state index contributed by atoms with van der Waals surface area (Å²) in [5.74, 6) is -1.00. The Morgan fingerprint density at radius 2 is 1.88 bits per heavy atom. The zero-order chi connectivity index (χ0) is 12.9. The second-order valence-corrected chi connectivity index (χ2v) is 4.73. The molecule has 1 atom stereocenters. The van der Waals surface area contributed by atoms with Crippen molar-refractivity contribution in [1.29, 1.82) is 0 Å². The van der Waals surface area contributed by atoms with E-state index in [-0.39, 0.29) is 0 Å². The summed E-state index contributed by atoms with van der Waals surface area (Å²) >= 11 is 0. The van der Waals surface area contributed by atoms with Crippen LogP contribution in [0, 0.1) is 0 Å². The molecule has 0 saturated carbocycles. The fourth-order valence-corrected chi connectivity index (χ4v) is 1.22. The summed E-state index contributed by atoms with van der Waals surface area (Å²) in [6.07, 6.45) is 0.517. The average molecular weight is 231 g/mol. The number of hydrogen-bond acceptors (Lipinski definition) is 3. The largest absolute Gasteiger partial charge is 0.480 e. The third kappa shape index (κ3) is 5.00. The molecule has 1 amide bonds. The predicted molar refractivity (Wildman–Crippen MR) is 60.3 cm³/mol. The predicted octanol–water partition coefficient (Wildman–Crippen LogP) is 2.11. The molecule has 16 heavy (non-hydrogen) atoms. The van der Waals surface area contributed by atoms with Crippen LogP contribution in [0.3, 0.4) is 0 Å². The van der Waals surface area contributed by atoms with Crippen LogP contribution in [-0.2, 0) is 9.53 Å². The molecule has 1 N–H and O–H groups in total. The van der Waals surface area contributed by atoms with E-state index in [0.717, 1.165) is 4.90 Å². The Kier molecular flexibility index (Phi) is 5.27. The van der Waals surface area contributed by atoms with Gasteiger partial charge in [-0.1, -0.05) is 13.3 Å². The van der Waals surface area contributed by atoms with E-state index in [9.17, 15) is 9.59 Å². The second-order valence-electron chi connectivity index (χ2n) is 4.73. The molecule has 0 heterocycles. The minimum absolute atomic E-state index is 0.422. The van der Waals surface area contributed by atoms with Gasteiger partial charge in [0.05, 0.1) is 0 Å². The number of nitrogens with zero attached hydrogens (tertiary/aromatic N) is 1. The van der Waals surface area contributed by atoms with Gasteiger partial charge in [-0.3, -0.25) is 4.90 Å². The lowest BCUT2D eigenvalue weighted by Crippen LogP contribution is -2.44. The summed E-state index contributed by atoms with van der Waals surface area (Å²) in [7, 11) is 1.45. The molecule has 5 nitrogen and oxygen atoms in total. The molecule has 0 aliphatic heterocycles. The van der Waals surface area contributed by atoms with Gasteiger partial charge in [0, 0.05) is 7.05 Å². The van der Waals surface area contributed by atoms with E-state index >= 15 is 0 Å². The lowest BCUT2D eigenvalue weighted by Gasteiger charge is -2.28. The number of likely N-dealkylation sites (N-methyl/N-ethyl adjacent to an activating group) is 1. The molecule has 0 radical (unpaired) electrons. The van der Waals surface area contributed by atoms with Crippen molar-refractivity contribution >= 4 is 12.1 Å². The van der Waals surface area contributed by atoms with Crippen LogP contribution in [0.5, 0.6) is 0 Å². The molecule has 94 valence electrons. The van der Waals surface area contributed by atoms with Crippen LogP contribution in [0.1, 0.15) is 40.5 Å². The normalized spacial score (nSPS) is 13.1. The number of rotatable bonds is 4. The quantitative estimate of drug-likeness (QED) is 0.804. The summed E-state index contributed by atoms with van der Waals surface area (Å²) in [5.41, 5.74) is -0.611. The van der Waals surface area contributed by atoms with Gasteiger partial charge < -0.3 is 9.84 Å². The highest BCUT2D eigenvalue weighted by Crippen LogP contribution is 2.13. The molecule has 0 aliphatic carbocycles. The first-order chi connectivity index (χ1) is 7.19. The van der Waals surface area contributed by atoms with Gasteiger partial charge in [0.1, 0.15) is 11.6 Å². The van der Waals surface area contributed by atoms with Crippen LogP contribution in [0.2, 0.25) is 0 Å². The smallest absolute Gasteiger partial charge is 0.410 e. The average Bonchev–Trinajstić information content (AvgIpc) is 2.09. The summed E-state index contributed by atoms with van der Waals surface area (Å²) in [5, 5.41) is 8.97. The van der Waals surface area contributed by atoms with Crippen LogP contribution in [0.25, 0.3) is 0 Å². The van der Waals surface area contributed by atoms with Crippen LogP contribution in [0.4, 0.5) is 4.79 Å². The lowest BCUT2D eigenvalue weighted by molar-refractivity contribution is -0.142. The van der Waals surface area contributed by atoms with Gasteiger partial charge >= 0.3 is 12.1 Å². The van der Waals surface area contributed by atoms with Crippen LogP contribution < -0.4 is 0 Å². The molecule has 0 aromatic carbocycles. The van der Waals surface area contributed by atoms with Crippen molar-refractivity contribution in [2.24, 2.45) is 0 Å². The Hall–Kier alpha value is -1.26. The number of carboxylic acids is 1. The van der Waals surface area contributed by atoms with Gasteiger partial charge in [-0.2, -0.15) is 0 Å². The van der Waals surface area contributed by atoms with Crippen LogP contribution in [0.15, 0.2) is 0 Å². The molecule has 0 aliphatic rings. The monoisotopic (exact) mass is 231 g/mol.